The Hall–Kier alpha value is -3.37. The molecular formula is C25H24N2O2. The van der Waals surface area contributed by atoms with Gasteiger partial charge in [-0.15, -0.1) is 0 Å². The predicted molar refractivity (Wildman–Crippen MR) is 116 cm³/mol. The maximum atomic E-state index is 10.9. The first-order valence-corrected chi connectivity index (χ1v) is 9.61. The van der Waals surface area contributed by atoms with E-state index in [1.54, 1.807) is 7.11 Å². The number of hydrogen-bond donors (Lipinski definition) is 1. The summed E-state index contributed by atoms with van der Waals surface area (Å²) in [5.41, 5.74) is 6.67. The molecule has 146 valence electrons. The van der Waals surface area contributed by atoms with E-state index in [1.165, 1.54) is 5.56 Å². The quantitative estimate of drug-likeness (QED) is 0.511. The van der Waals surface area contributed by atoms with Gasteiger partial charge in [0.1, 0.15) is 11.9 Å². The third-order valence-corrected chi connectivity index (χ3v) is 5.07. The molecule has 29 heavy (non-hydrogen) atoms. The summed E-state index contributed by atoms with van der Waals surface area (Å²) in [5.74, 6) is 0.790. The van der Waals surface area contributed by atoms with Crippen LogP contribution in [0.4, 0.5) is 0 Å². The molecule has 0 aliphatic carbocycles. The fourth-order valence-corrected chi connectivity index (χ4v) is 3.30. The number of benzene rings is 3. The van der Waals surface area contributed by atoms with Crippen LogP contribution in [0.3, 0.4) is 0 Å². The topological polar surface area (TPSA) is 47.3 Å². The van der Waals surface area contributed by atoms with E-state index >= 15 is 0 Å². The Bertz CT molecular complexity index is 1100. The monoisotopic (exact) mass is 384 g/mol. The molecule has 0 radical (unpaired) electrons. The van der Waals surface area contributed by atoms with Crippen molar-refractivity contribution in [2.75, 3.05) is 7.11 Å². The first-order valence-electron chi connectivity index (χ1n) is 9.61. The second-order valence-electron chi connectivity index (χ2n) is 7.24. The van der Waals surface area contributed by atoms with Crippen LogP contribution in [0.25, 0.3) is 16.9 Å². The van der Waals surface area contributed by atoms with Gasteiger partial charge >= 0.3 is 0 Å². The lowest BCUT2D eigenvalue weighted by Gasteiger charge is -2.09. The van der Waals surface area contributed by atoms with E-state index in [2.05, 4.69) is 31.2 Å². The van der Waals surface area contributed by atoms with Crippen molar-refractivity contribution in [1.82, 2.24) is 9.78 Å². The van der Waals surface area contributed by atoms with Crippen molar-refractivity contribution in [2.45, 2.75) is 20.0 Å². The minimum absolute atomic E-state index is 0.611. The van der Waals surface area contributed by atoms with Crippen LogP contribution in [0.15, 0.2) is 78.9 Å². The van der Waals surface area contributed by atoms with Crippen molar-refractivity contribution in [2.24, 2.45) is 0 Å². The standard InChI is InChI=1S/C25H24N2O2/c1-17-4-8-19(9-5-17)24-16-23(25(28)20-10-6-18(2)7-11-20)26-27(24)21-12-14-22(29-3)15-13-21/h4-16,25,28H,1-3H3. The van der Waals surface area contributed by atoms with Crippen molar-refractivity contribution < 1.29 is 9.84 Å². The number of hydrogen-bond acceptors (Lipinski definition) is 3. The summed E-state index contributed by atoms with van der Waals surface area (Å²) in [7, 11) is 1.65. The van der Waals surface area contributed by atoms with Crippen LogP contribution in [0, 0.1) is 13.8 Å². The highest BCUT2D eigenvalue weighted by Crippen LogP contribution is 2.30. The van der Waals surface area contributed by atoms with E-state index in [0.717, 1.165) is 33.8 Å². The zero-order chi connectivity index (χ0) is 20.4. The second-order valence-corrected chi connectivity index (χ2v) is 7.24. The summed E-state index contributed by atoms with van der Waals surface area (Å²) in [5, 5.41) is 15.7. The van der Waals surface area contributed by atoms with Crippen LogP contribution in [0.5, 0.6) is 5.75 Å². The summed E-state index contributed by atoms with van der Waals surface area (Å²) < 4.78 is 7.15. The highest BCUT2D eigenvalue weighted by Gasteiger charge is 2.19. The van der Waals surface area contributed by atoms with E-state index in [1.807, 2.05) is 66.2 Å². The summed E-state index contributed by atoms with van der Waals surface area (Å²) in [6, 6.07) is 25.9. The fourth-order valence-electron chi connectivity index (χ4n) is 3.30. The van der Waals surface area contributed by atoms with Gasteiger partial charge in [-0.25, -0.2) is 4.68 Å². The Balaban J connectivity index is 1.81. The molecular weight excluding hydrogens is 360 g/mol. The molecule has 0 aliphatic heterocycles. The zero-order valence-corrected chi connectivity index (χ0v) is 16.8. The van der Waals surface area contributed by atoms with Crippen molar-refractivity contribution >= 4 is 0 Å². The number of aryl methyl sites for hydroxylation is 2. The molecule has 0 spiro atoms. The van der Waals surface area contributed by atoms with Gasteiger partial charge in [-0.1, -0.05) is 59.7 Å². The van der Waals surface area contributed by atoms with E-state index in [4.69, 9.17) is 9.84 Å². The first kappa shape index (κ1) is 19.0. The first-order chi connectivity index (χ1) is 14.0. The summed E-state index contributed by atoms with van der Waals surface area (Å²) in [6.07, 6.45) is -0.792. The molecule has 1 atom stereocenters. The highest BCUT2D eigenvalue weighted by atomic mass is 16.5. The summed E-state index contributed by atoms with van der Waals surface area (Å²) in [4.78, 5) is 0. The van der Waals surface area contributed by atoms with Crippen LogP contribution >= 0.6 is 0 Å². The molecule has 3 aromatic carbocycles. The van der Waals surface area contributed by atoms with Crippen LogP contribution in [0.1, 0.15) is 28.5 Å². The van der Waals surface area contributed by atoms with E-state index in [0.29, 0.717) is 5.69 Å². The maximum Gasteiger partial charge on any atom is 0.123 e. The van der Waals surface area contributed by atoms with Crippen molar-refractivity contribution in [3.05, 3.63) is 101 Å². The molecule has 4 nitrogen and oxygen atoms in total. The van der Waals surface area contributed by atoms with E-state index < -0.39 is 6.10 Å². The Morgan fingerprint density at radius 3 is 2.00 bits per heavy atom. The Kier molecular flexibility index (Phi) is 5.19. The van der Waals surface area contributed by atoms with Gasteiger partial charge in [0.05, 0.1) is 24.2 Å². The summed E-state index contributed by atoms with van der Waals surface area (Å²) >= 11 is 0. The molecule has 0 amide bonds. The molecule has 0 saturated carbocycles. The van der Waals surface area contributed by atoms with Crippen LogP contribution in [-0.4, -0.2) is 22.0 Å². The van der Waals surface area contributed by atoms with Crippen molar-refractivity contribution in [1.29, 1.82) is 0 Å². The molecule has 0 bridgehead atoms. The Morgan fingerprint density at radius 2 is 1.41 bits per heavy atom. The number of methoxy groups -OCH3 is 1. The average molecular weight is 384 g/mol. The van der Waals surface area contributed by atoms with E-state index in [9.17, 15) is 5.11 Å². The maximum absolute atomic E-state index is 10.9. The molecule has 1 heterocycles. The minimum atomic E-state index is -0.792. The molecule has 1 aromatic heterocycles. The molecule has 1 N–H and O–H groups in total. The van der Waals surface area contributed by atoms with Gasteiger partial charge < -0.3 is 9.84 Å². The number of aliphatic hydroxyl groups excluding tert-OH is 1. The Morgan fingerprint density at radius 1 is 0.828 bits per heavy atom. The number of nitrogens with zero attached hydrogens (tertiary/aromatic N) is 2. The van der Waals surface area contributed by atoms with Gasteiger partial charge in [-0.05, 0) is 49.7 Å². The lowest BCUT2D eigenvalue weighted by Crippen LogP contribution is -2.03. The molecule has 4 rings (SSSR count). The van der Waals surface area contributed by atoms with Crippen LogP contribution < -0.4 is 4.74 Å². The minimum Gasteiger partial charge on any atom is -0.497 e. The predicted octanol–water partition coefficient (Wildman–Crippen LogP) is 5.25. The molecule has 0 fully saturated rings. The van der Waals surface area contributed by atoms with Crippen LogP contribution in [0.2, 0.25) is 0 Å². The summed E-state index contributed by atoms with van der Waals surface area (Å²) in [6.45, 7) is 4.10. The van der Waals surface area contributed by atoms with Gasteiger partial charge in [0.2, 0.25) is 0 Å². The highest BCUT2D eigenvalue weighted by molar-refractivity contribution is 5.63. The lowest BCUT2D eigenvalue weighted by atomic mass is 10.0. The molecule has 0 saturated heterocycles. The molecule has 1 unspecified atom stereocenters. The third kappa shape index (κ3) is 3.93. The SMILES string of the molecule is COc1ccc(-n2nc(C(O)c3ccc(C)cc3)cc2-c2ccc(C)cc2)cc1. The molecule has 4 aromatic rings. The van der Waals surface area contributed by atoms with Gasteiger partial charge in [0.15, 0.2) is 0 Å². The number of aliphatic hydroxyl groups is 1. The Labute approximate surface area is 171 Å². The van der Waals surface area contributed by atoms with Gasteiger partial charge in [0.25, 0.3) is 0 Å². The number of ether oxygens (including phenoxy) is 1. The van der Waals surface area contributed by atoms with E-state index in [-0.39, 0.29) is 0 Å². The average Bonchev–Trinajstić information content (AvgIpc) is 3.20. The number of rotatable bonds is 5. The smallest absolute Gasteiger partial charge is 0.123 e. The third-order valence-electron chi connectivity index (χ3n) is 5.07. The zero-order valence-electron chi connectivity index (χ0n) is 16.8. The fraction of sp³-hybridized carbons (Fsp3) is 0.160. The van der Waals surface area contributed by atoms with Gasteiger partial charge in [0, 0.05) is 5.56 Å². The number of aromatic nitrogens is 2. The van der Waals surface area contributed by atoms with Crippen molar-refractivity contribution in [3.63, 3.8) is 0 Å². The molecule has 4 heteroatoms. The molecule has 0 aliphatic rings. The lowest BCUT2D eigenvalue weighted by molar-refractivity contribution is 0.214. The van der Waals surface area contributed by atoms with Gasteiger partial charge in [-0.2, -0.15) is 5.10 Å². The van der Waals surface area contributed by atoms with Crippen LogP contribution in [-0.2, 0) is 0 Å². The van der Waals surface area contributed by atoms with Gasteiger partial charge in [-0.3, -0.25) is 0 Å². The van der Waals surface area contributed by atoms with Crippen molar-refractivity contribution in [3.8, 4) is 22.7 Å². The second kappa shape index (κ2) is 7.94. The normalized spacial score (nSPS) is 12.0. The largest absolute Gasteiger partial charge is 0.497 e.